The fourth-order valence-electron chi connectivity index (χ4n) is 2.36. The van der Waals surface area contributed by atoms with Crippen LogP contribution in [0.15, 0.2) is 23.1 Å². The predicted octanol–water partition coefficient (Wildman–Crippen LogP) is 0.691. The van der Waals surface area contributed by atoms with Crippen molar-refractivity contribution in [1.82, 2.24) is 4.31 Å². The number of anilines is 1. The molecule has 0 unspecified atom stereocenters. The maximum absolute atomic E-state index is 12.5. The van der Waals surface area contributed by atoms with Gasteiger partial charge in [0.1, 0.15) is 0 Å². The summed E-state index contributed by atoms with van der Waals surface area (Å²) < 4.78 is 26.0. The Labute approximate surface area is 129 Å². The summed E-state index contributed by atoms with van der Waals surface area (Å²) in [6.45, 7) is 0.130. The second-order valence-electron chi connectivity index (χ2n) is 5.24. The number of benzene rings is 1. The molecule has 1 aliphatic heterocycles. The fraction of sp³-hybridized carbons (Fsp3) is 0.429. The van der Waals surface area contributed by atoms with E-state index in [4.69, 9.17) is 5.11 Å². The Morgan fingerprint density at radius 2 is 2.09 bits per heavy atom. The first-order valence-electron chi connectivity index (χ1n) is 6.81. The molecule has 1 aliphatic rings. The summed E-state index contributed by atoms with van der Waals surface area (Å²) in [5.41, 5.74) is 1.41. The van der Waals surface area contributed by atoms with E-state index in [-0.39, 0.29) is 36.6 Å². The Morgan fingerprint density at radius 3 is 2.73 bits per heavy atom. The zero-order valence-corrected chi connectivity index (χ0v) is 13.3. The highest BCUT2D eigenvalue weighted by Crippen LogP contribution is 2.30. The average molecular weight is 326 g/mol. The van der Waals surface area contributed by atoms with Crippen LogP contribution in [-0.2, 0) is 26.0 Å². The van der Waals surface area contributed by atoms with Crippen LogP contribution >= 0.6 is 0 Å². The third-order valence-electron chi connectivity index (χ3n) is 3.70. The third kappa shape index (κ3) is 3.12. The Hall–Kier alpha value is -1.93. The first-order chi connectivity index (χ1) is 10.2. The van der Waals surface area contributed by atoms with E-state index in [1.807, 2.05) is 0 Å². The van der Waals surface area contributed by atoms with Crippen molar-refractivity contribution in [2.24, 2.45) is 0 Å². The van der Waals surface area contributed by atoms with Crippen molar-refractivity contribution in [2.75, 3.05) is 25.5 Å². The van der Waals surface area contributed by atoms with Gasteiger partial charge >= 0.3 is 5.97 Å². The largest absolute Gasteiger partial charge is 0.481 e. The number of hydrogen-bond donors (Lipinski definition) is 1. The standard InChI is InChI=1S/C14H18N2O5S/c1-15(7-3-4-14(18)19)22(20,21)11-5-6-12-10(8-11)9-13(17)16(12)2/h5-6,8H,3-4,7,9H2,1-2H3,(H,18,19). The molecule has 1 aromatic rings. The van der Waals surface area contributed by atoms with Gasteiger partial charge in [-0.05, 0) is 30.2 Å². The minimum atomic E-state index is -3.68. The molecule has 1 heterocycles. The second kappa shape index (κ2) is 6.05. The first-order valence-corrected chi connectivity index (χ1v) is 8.25. The van der Waals surface area contributed by atoms with Gasteiger partial charge in [-0.1, -0.05) is 0 Å². The van der Waals surface area contributed by atoms with Gasteiger partial charge in [0.05, 0.1) is 11.3 Å². The van der Waals surface area contributed by atoms with E-state index in [9.17, 15) is 18.0 Å². The number of carboxylic acids is 1. The van der Waals surface area contributed by atoms with Crippen LogP contribution in [0.3, 0.4) is 0 Å². The van der Waals surface area contributed by atoms with Crippen LogP contribution < -0.4 is 4.90 Å². The number of likely N-dealkylation sites (N-methyl/N-ethyl adjacent to an activating group) is 1. The molecule has 1 amide bonds. The molecule has 0 atom stereocenters. The van der Waals surface area contributed by atoms with Crippen molar-refractivity contribution < 1.29 is 23.1 Å². The summed E-state index contributed by atoms with van der Waals surface area (Å²) in [7, 11) is -0.611. The number of fused-ring (bicyclic) bond motifs is 1. The summed E-state index contributed by atoms with van der Waals surface area (Å²) in [6.07, 6.45) is 0.360. The van der Waals surface area contributed by atoms with E-state index in [1.54, 1.807) is 13.1 Å². The summed E-state index contributed by atoms with van der Waals surface area (Å²) in [4.78, 5) is 23.7. The van der Waals surface area contributed by atoms with Crippen LogP contribution in [0.1, 0.15) is 18.4 Å². The first kappa shape index (κ1) is 16.4. The predicted molar refractivity (Wildman–Crippen MR) is 80.2 cm³/mol. The summed E-state index contributed by atoms with van der Waals surface area (Å²) in [6, 6.07) is 4.61. The van der Waals surface area contributed by atoms with Crippen LogP contribution in [0.25, 0.3) is 0 Å². The Kier molecular flexibility index (Phi) is 4.52. The Morgan fingerprint density at radius 1 is 1.41 bits per heavy atom. The van der Waals surface area contributed by atoms with Gasteiger partial charge in [-0.15, -0.1) is 0 Å². The molecule has 0 aromatic heterocycles. The summed E-state index contributed by atoms with van der Waals surface area (Å²) >= 11 is 0. The molecular formula is C14H18N2O5S. The highest BCUT2D eigenvalue weighted by molar-refractivity contribution is 7.89. The molecule has 0 saturated carbocycles. The Bertz CT molecular complexity index is 714. The van der Waals surface area contributed by atoms with Gasteiger partial charge in [0.25, 0.3) is 0 Å². The van der Waals surface area contributed by atoms with Crippen LogP contribution in [-0.4, -0.2) is 50.3 Å². The molecule has 2 rings (SSSR count). The molecule has 0 aliphatic carbocycles. The van der Waals surface area contributed by atoms with Crippen LogP contribution in [0.5, 0.6) is 0 Å². The maximum Gasteiger partial charge on any atom is 0.303 e. The minimum absolute atomic E-state index is 0.0700. The van der Waals surface area contributed by atoms with Gasteiger partial charge in [-0.25, -0.2) is 12.7 Å². The number of hydrogen-bond acceptors (Lipinski definition) is 4. The quantitative estimate of drug-likeness (QED) is 0.830. The van der Waals surface area contributed by atoms with Gasteiger partial charge in [0.2, 0.25) is 15.9 Å². The molecule has 0 fully saturated rings. The van der Waals surface area contributed by atoms with Crippen molar-refractivity contribution in [1.29, 1.82) is 0 Å². The van der Waals surface area contributed by atoms with Crippen LogP contribution in [0.2, 0.25) is 0 Å². The van der Waals surface area contributed by atoms with E-state index in [0.29, 0.717) is 5.56 Å². The number of carbonyl (C=O) groups excluding carboxylic acids is 1. The fourth-order valence-corrected chi connectivity index (χ4v) is 3.62. The van der Waals surface area contributed by atoms with E-state index >= 15 is 0 Å². The van der Waals surface area contributed by atoms with Crippen LogP contribution in [0.4, 0.5) is 5.69 Å². The SMILES string of the molecule is CN1C(=O)Cc2cc(S(=O)(=O)N(C)CCCC(=O)O)ccc21. The smallest absolute Gasteiger partial charge is 0.303 e. The molecule has 22 heavy (non-hydrogen) atoms. The van der Waals surface area contributed by atoms with Gasteiger partial charge in [-0.3, -0.25) is 9.59 Å². The average Bonchev–Trinajstić information content (AvgIpc) is 2.73. The molecule has 1 N–H and O–H groups in total. The van der Waals surface area contributed by atoms with E-state index in [0.717, 1.165) is 9.99 Å². The van der Waals surface area contributed by atoms with Gasteiger partial charge in [0.15, 0.2) is 0 Å². The molecule has 1 aromatic carbocycles. The Balaban J connectivity index is 2.18. The zero-order valence-electron chi connectivity index (χ0n) is 12.4. The van der Waals surface area contributed by atoms with Crippen LogP contribution in [0, 0.1) is 0 Å². The molecular weight excluding hydrogens is 308 g/mol. The van der Waals surface area contributed by atoms with Crippen molar-refractivity contribution >= 4 is 27.6 Å². The molecule has 7 nitrogen and oxygen atoms in total. The number of carboxylic acid groups (broad SMARTS) is 1. The topological polar surface area (TPSA) is 95.0 Å². The maximum atomic E-state index is 12.5. The summed E-state index contributed by atoms with van der Waals surface area (Å²) in [5.74, 6) is -1.02. The molecule has 0 bridgehead atoms. The monoisotopic (exact) mass is 326 g/mol. The summed E-state index contributed by atoms with van der Waals surface area (Å²) in [5, 5.41) is 8.60. The second-order valence-corrected chi connectivity index (χ2v) is 7.29. The van der Waals surface area contributed by atoms with E-state index in [2.05, 4.69) is 0 Å². The third-order valence-corrected chi connectivity index (χ3v) is 5.55. The highest BCUT2D eigenvalue weighted by Gasteiger charge is 2.27. The molecule has 0 radical (unpaired) electrons. The lowest BCUT2D eigenvalue weighted by atomic mass is 10.2. The van der Waals surface area contributed by atoms with E-state index < -0.39 is 16.0 Å². The van der Waals surface area contributed by atoms with Crippen molar-refractivity contribution in [3.8, 4) is 0 Å². The number of nitrogens with zero attached hydrogens (tertiary/aromatic N) is 2. The number of aliphatic carboxylic acids is 1. The normalized spacial score (nSPS) is 14.5. The van der Waals surface area contributed by atoms with E-state index in [1.165, 1.54) is 24.1 Å². The van der Waals surface area contributed by atoms with Crippen molar-refractivity contribution in [3.05, 3.63) is 23.8 Å². The molecule has 120 valence electrons. The number of amides is 1. The lowest BCUT2D eigenvalue weighted by Gasteiger charge is -2.17. The van der Waals surface area contributed by atoms with Crippen molar-refractivity contribution in [2.45, 2.75) is 24.2 Å². The zero-order chi connectivity index (χ0) is 16.5. The van der Waals surface area contributed by atoms with Gasteiger partial charge in [0, 0.05) is 32.7 Å². The highest BCUT2D eigenvalue weighted by atomic mass is 32.2. The molecule has 0 saturated heterocycles. The minimum Gasteiger partial charge on any atom is -0.481 e. The number of carbonyl (C=O) groups is 2. The number of rotatable bonds is 6. The lowest BCUT2D eigenvalue weighted by Crippen LogP contribution is -2.28. The lowest BCUT2D eigenvalue weighted by molar-refractivity contribution is -0.137. The molecule has 8 heteroatoms. The van der Waals surface area contributed by atoms with Gasteiger partial charge < -0.3 is 10.0 Å². The number of sulfonamides is 1. The van der Waals surface area contributed by atoms with Crippen molar-refractivity contribution in [3.63, 3.8) is 0 Å². The molecule has 0 spiro atoms. The van der Waals surface area contributed by atoms with Gasteiger partial charge in [-0.2, -0.15) is 0 Å².